The minimum atomic E-state index is -2.83. The van der Waals surface area contributed by atoms with Crippen molar-refractivity contribution in [3.05, 3.63) is 39.2 Å². The summed E-state index contributed by atoms with van der Waals surface area (Å²) in [5, 5.41) is 6.72. The quantitative estimate of drug-likeness (QED) is 0.770. The second-order valence-corrected chi connectivity index (χ2v) is 7.86. The van der Waals surface area contributed by atoms with Gasteiger partial charge >= 0.3 is 0 Å². The molecule has 2 heterocycles. The van der Waals surface area contributed by atoms with E-state index in [-0.39, 0.29) is 18.4 Å². The molecule has 1 aromatic carbocycles. The van der Waals surface area contributed by atoms with Gasteiger partial charge in [-0.1, -0.05) is 23.7 Å². The van der Waals surface area contributed by atoms with Gasteiger partial charge in [0.05, 0.1) is 24.3 Å². The zero-order chi connectivity index (χ0) is 18.2. The van der Waals surface area contributed by atoms with Crippen LogP contribution in [-0.2, 0) is 4.79 Å². The molecule has 1 amide bonds. The van der Waals surface area contributed by atoms with Crippen molar-refractivity contribution in [2.75, 3.05) is 6.54 Å². The van der Waals surface area contributed by atoms with Gasteiger partial charge in [0.15, 0.2) is 0 Å². The first-order valence-corrected chi connectivity index (χ1v) is 9.09. The lowest BCUT2D eigenvalue weighted by atomic mass is 10.1. The predicted molar refractivity (Wildman–Crippen MR) is 102 cm³/mol. The topological polar surface area (TPSA) is 54.0 Å². The molecule has 0 aliphatic carbocycles. The summed E-state index contributed by atoms with van der Waals surface area (Å²) in [4.78, 5) is 17.8. The highest BCUT2D eigenvalue weighted by atomic mass is 35.5. The standard InChI is InChI=1S/C17H18ClF2N3OS.ClH/c1-9(22-15(24)13-7-17(19,20)8-21-13)16-23-14(10(2)25-16)11-3-5-12(18)6-4-11;/h3-6,9,13,21H,7-8H2,1-2H3,(H,22,24);1H. The first-order chi connectivity index (χ1) is 11.7. The molecule has 1 aliphatic heterocycles. The van der Waals surface area contributed by atoms with Crippen LogP contribution in [0.2, 0.25) is 5.02 Å². The largest absolute Gasteiger partial charge is 0.346 e. The van der Waals surface area contributed by atoms with Gasteiger partial charge in [0.1, 0.15) is 5.01 Å². The summed E-state index contributed by atoms with van der Waals surface area (Å²) in [7, 11) is 0. The third-order valence-corrected chi connectivity index (χ3v) is 5.49. The number of aryl methyl sites for hydroxylation is 1. The summed E-state index contributed by atoms with van der Waals surface area (Å²) in [6, 6.07) is 6.16. The number of hydrogen-bond donors (Lipinski definition) is 2. The highest BCUT2D eigenvalue weighted by Gasteiger charge is 2.42. The molecule has 26 heavy (non-hydrogen) atoms. The van der Waals surface area contributed by atoms with Gasteiger partial charge < -0.3 is 5.32 Å². The molecule has 3 rings (SSSR count). The number of rotatable bonds is 4. The number of thiazole rings is 1. The van der Waals surface area contributed by atoms with Gasteiger partial charge in [0.2, 0.25) is 5.91 Å². The molecule has 1 aliphatic rings. The number of amides is 1. The van der Waals surface area contributed by atoms with Crippen LogP contribution in [0.3, 0.4) is 0 Å². The Morgan fingerprint density at radius 2 is 2.08 bits per heavy atom. The van der Waals surface area contributed by atoms with E-state index in [1.54, 1.807) is 19.1 Å². The fourth-order valence-electron chi connectivity index (χ4n) is 2.75. The SMILES string of the molecule is Cc1sc(C(C)NC(=O)C2CC(F)(F)CN2)nc1-c1ccc(Cl)cc1.Cl. The number of carbonyl (C=O) groups excluding carboxylic acids is 1. The van der Waals surface area contributed by atoms with Crippen LogP contribution >= 0.6 is 35.3 Å². The molecule has 0 radical (unpaired) electrons. The fourth-order valence-corrected chi connectivity index (χ4v) is 3.83. The average molecular weight is 422 g/mol. The van der Waals surface area contributed by atoms with Crippen molar-refractivity contribution in [3.8, 4) is 11.3 Å². The number of halogens is 4. The monoisotopic (exact) mass is 421 g/mol. The molecule has 2 aromatic rings. The van der Waals surface area contributed by atoms with Crippen LogP contribution in [0.25, 0.3) is 11.3 Å². The Kier molecular flexibility index (Phi) is 6.60. The van der Waals surface area contributed by atoms with E-state index in [0.29, 0.717) is 5.02 Å². The molecular weight excluding hydrogens is 403 g/mol. The maximum atomic E-state index is 13.2. The van der Waals surface area contributed by atoms with Gasteiger partial charge in [0, 0.05) is 21.9 Å². The van der Waals surface area contributed by atoms with Crippen LogP contribution in [0.4, 0.5) is 8.78 Å². The Labute approximate surface area is 165 Å². The molecule has 0 saturated carbocycles. The number of carbonyl (C=O) groups is 1. The maximum Gasteiger partial charge on any atom is 0.262 e. The van der Waals surface area contributed by atoms with Gasteiger partial charge in [0.25, 0.3) is 5.92 Å². The van der Waals surface area contributed by atoms with E-state index in [2.05, 4.69) is 15.6 Å². The summed E-state index contributed by atoms with van der Waals surface area (Å²) < 4.78 is 26.5. The molecule has 4 nitrogen and oxygen atoms in total. The number of hydrogen-bond acceptors (Lipinski definition) is 4. The minimum absolute atomic E-state index is 0. The molecule has 2 unspecified atom stereocenters. The smallest absolute Gasteiger partial charge is 0.262 e. The number of alkyl halides is 2. The summed E-state index contributed by atoms with van der Waals surface area (Å²) in [5.41, 5.74) is 1.78. The first-order valence-electron chi connectivity index (χ1n) is 7.90. The minimum Gasteiger partial charge on any atom is -0.346 e. The van der Waals surface area contributed by atoms with Crippen LogP contribution in [0.5, 0.6) is 0 Å². The van der Waals surface area contributed by atoms with Crippen molar-refractivity contribution in [2.24, 2.45) is 0 Å². The first kappa shape index (κ1) is 21.0. The molecule has 1 aromatic heterocycles. The average Bonchev–Trinajstić information content (AvgIpc) is 3.11. The van der Waals surface area contributed by atoms with Crippen LogP contribution in [-0.4, -0.2) is 29.4 Å². The van der Waals surface area contributed by atoms with Crippen molar-refractivity contribution >= 4 is 41.3 Å². The maximum absolute atomic E-state index is 13.2. The van der Waals surface area contributed by atoms with E-state index in [4.69, 9.17) is 11.6 Å². The molecule has 0 bridgehead atoms. The highest BCUT2D eigenvalue weighted by molar-refractivity contribution is 7.12. The van der Waals surface area contributed by atoms with E-state index in [9.17, 15) is 13.6 Å². The summed E-state index contributed by atoms with van der Waals surface area (Å²) in [6.07, 6.45) is -0.474. The lowest BCUT2D eigenvalue weighted by Crippen LogP contribution is -2.41. The molecule has 0 spiro atoms. The Balaban J connectivity index is 0.00000243. The van der Waals surface area contributed by atoms with Crippen LogP contribution < -0.4 is 10.6 Å². The zero-order valence-electron chi connectivity index (χ0n) is 14.2. The van der Waals surface area contributed by atoms with Crippen molar-refractivity contribution in [1.29, 1.82) is 0 Å². The Hall–Kier alpha value is -1.28. The third kappa shape index (κ3) is 4.71. The Morgan fingerprint density at radius 3 is 2.65 bits per heavy atom. The molecule has 1 saturated heterocycles. The molecule has 142 valence electrons. The molecular formula is C17H19Cl2F2N3OS. The van der Waals surface area contributed by atoms with Gasteiger partial charge in [-0.15, -0.1) is 23.7 Å². The van der Waals surface area contributed by atoms with Crippen molar-refractivity contribution in [3.63, 3.8) is 0 Å². The van der Waals surface area contributed by atoms with Crippen LogP contribution in [0.15, 0.2) is 24.3 Å². The van der Waals surface area contributed by atoms with Crippen LogP contribution in [0.1, 0.15) is 29.3 Å². The van der Waals surface area contributed by atoms with Gasteiger partial charge in [-0.05, 0) is 26.0 Å². The molecule has 9 heteroatoms. The van der Waals surface area contributed by atoms with Crippen molar-refractivity contribution in [1.82, 2.24) is 15.6 Å². The lowest BCUT2D eigenvalue weighted by molar-refractivity contribution is -0.124. The predicted octanol–water partition coefficient (Wildman–Crippen LogP) is 4.37. The molecule has 2 N–H and O–H groups in total. The van der Waals surface area contributed by atoms with E-state index in [0.717, 1.165) is 21.1 Å². The number of aromatic nitrogens is 1. The summed E-state index contributed by atoms with van der Waals surface area (Å²) in [5.74, 6) is -3.25. The number of nitrogens with one attached hydrogen (secondary N) is 2. The molecule has 2 atom stereocenters. The van der Waals surface area contributed by atoms with E-state index in [1.807, 2.05) is 19.1 Å². The third-order valence-electron chi connectivity index (χ3n) is 4.09. The zero-order valence-corrected chi connectivity index (χ0v) is 16.6. The van der Waals surface area contributed by atoms with Crippen molar-refractivity contribution < 1.29 is 13.6 Å². The molecule has 1 fully saturated rings. The Bertz CT molecular complexity index is 783. The number of benzene rings is 1. The lowest BCUT2D eigenvalue weighted by Gasteiger charge is -2.15. The van der Waals surface area contributed by atoms with Crippen molar-refractivity contribution in [2.45, 2.75) is 38.3 Å². The van der Waals surface area contributed by atoms with Gasteiger partial charge in [-0.3, -0.25) is 10.1 Å². The highest BCUT2D eigenvalue weighted by Crippen LogP contribution is 2.31. The Morgan fingerprint density at radius 1 is 1.42 bits per heavy atom. The normalized spacial score (nSPS) is 19.7. The second kappa shape index (κ2) is 8.17. The van der Waals surface area contributed by atoms with Gasteiger partial charge in [-0.2, -0.15) is 0 Å². The summed E-state index contributed by atoms with van der Waals surface area (Å²) >= 11 is 7.39. The van der Waals surface area contributed by atoms with E-state index < -0.39 is 30.8 Å². The second-order valence-electron chi connectivity index (χ2n) is 6.19. The van der Waals surface area contributed by atoms with E-state index >= 15 is 0 Å². The van der Waals surface area contributed by atoms with Gasteiger partial charge in [-0.25, -0.2) is 13.8 Å². The van der Waals surface area contributed by atoms with E-state index in [1.165, 1.54) is 11.3 Å². The fraction of sp³-hybridized carbons (Fsp3) is 0.412. The number of nitrogens with zero attached hydrogens (tertiary/aromatic N) is 1. The summed E-state index contributed by atoms with van der Waals surface area (Å²) in [6.45, 7) is 3.30. The van der Waals surface area contributed by atoms with Crippen LogP contribution in [0, 0.1) is 6.92 Å².